The van der Waals surface area contributed by atoms with E-state index in [0.29, 0.717) is 0 Å². The lowest BCUT2D eigenvalue weighted by atomic mass is 10.3. The van der Waals surface area contributed by atoms with Crippen LogP contribution in [0.2, 0.25) is 0 Å². The summed E-state index contributed by atoms with van der Waals surface area (Å²) in [4.78, 5) is 43.4. The molecule has 0 unspecified atom stereocenters. The summed E-state index contributed by atoms with van der Waals surface area (Å²) in [6.07, 6.45) is 0. The van der Waals surface area contributed by atoms with Crippen LogP contribution >= 0.6 is 0 Å². The Balaban J connectivity index is 1.87. The Kier molecular flexibility index (Phi) is 5.61. The third kappa shape index (κ3) is 4.89. The first-order valence-corrected chi connectivity index (χ1v) is 6.98. The van der Waals surface area contributed by atoms with E-state index in [-0.39, 0.29) is 22.7 Å². The fraction of sp³-hybridized carbons (Fsp3) is 0. The van der Waals surface area contributed by atoms with Crippen LogP contribution < -0.4 is 21.7 Å². The van der Waals surface area contributed by atoms with Crippen LogP contribution in [-0.4, -0.2) is 21.7 Å². The lowest BCUT2D eigenvalue weighted by Gasteiger charge is -2.10. The molecule has 4 N–H and O–H groups in total. The molecule has 12 nitrogen and oxygen atoms in total. The lowest BCUT2D eigenvalue weighted by Crippen LogP contribution is -2.44. The Morgan fingerprint density at radius 2 is 1.12 bits per heavy atom. The number of rotatable bonds is 6. The van der Waals surface area contributed by atoms with Crippen molar-refractivity contribution in [1.29, 1.82) is 0 Å². The third-order valence-electron chi connectivity index (χ3n) is 2.96. The largest absolute Gasteiger partial charge is 0.329 e. The van der Waals surface area contributed by atoms with Gasteiger partial charge in [0.2, 0.25) is 0 Å². The van der Waals surface area contributed by atoms with E-state index >= 15 is 0 Å². The van der Waals surface area contributed by atoms with Crippen LogP contribution in [0.4, 0.5) is 22.7 Å². The SMILES string of the molecule is O=C(NNc1cccc([N+](=O)[O-])c1)C(=O)NNc1cccc([N+](=O)[O-])c1. The van der Waals surface area contributed by atoms with Crippen molar-refractivity contribution in [3.05, 3.63) is 68.8 Å². The van der Waals surface area contributed by atoms with Gasteiger partial charge in [0.15, 0.2) is 0 Å². The molecule has 0 aliphatic heterocycles. The molecule has 12 heteroatoms. The topological polar surface area (TPSA) is 169 Å². The van der Waals surface area contributed by atoms with E-state index in [4.69, 9.17) is 0 Å². The van der Waals surface area contributed by atoms with Crippen LogP contribution in [0.1, 0.15) is 0 Å². The summed E-state index contributed by atoms with van der Waals surface area (Å²) < 4.78 is 0. The zero-order chi connectivity index (χ0) is 19.1. The summed E-state index contributed by atoms with van der Waals surface area (Å²) in [6.45, 7) is 0. The van der Waals surface area contributed by atoms with Crippen molar-refractivity contribution in [3.8, 4) is 0 Å². The number of hydrogen-bond acceptors (Lipinski definition) is 8. The van der Waals surface area contributed by atoms with Crippen LogP contribution in [0.3, 0.4) is 0 Å². The highest BCUT2D eigenvalue weighted by Crippen LogP contribution is 2.17. The van der Waals surface area contributed by atoms with Crippen LogP contribution in [0.25, 0.3) is 0 Å². The molecular weight excluding hydrogens is 348 g/mol. The minimum atomic E-state index is -1.09. The molecule has 2 amide bonds. The molecule has 0 saturated heterocycles. The summed E-state index contributed by atoms with van der Waals surface area (Å²) in [6, 6.07) is 10.6. The number of benzene rings is 2. The number of nitrogens with zero attached hydrogens (tertiary/aromatic N) is 2. The minimum Gasteiger partial charge on any atom is -0.298 e. The number of anilines is 2. The number of nitro benzene ring substituents is 2. The van der Waals surface area contributed by atoms with Gasteiger partial charge in [-0.3, -0.25) is 51.5 Å². The van der Waals surface area contributed by atoms with Gasteiger partial charge in [-0.2, -0.15) is 0 Å². The molecule has 134 valence electrons. The predicted molar refractivity (Wildman–Crippen MR) is 89.7 cm³/mol. The van der Waals surface area contributed by atoms with Crippen molar-refractivity contribution >= 4 is 34.6 Å². The van der Waals surface area contributed by atoms with Gasteiger partial charge in [-0.05, 0) is 12.1 Å². The number of nitro groups is 2. The highest BCUT2D eigenvalue weighted by Gasteiger charge is 2.14. The lowest BCUT2D eigenvalue weighted by molar-refractivity contribution is -0.385. The molecule has 0 aliphatic rings. The molecule has 0 radical (unpaired) electrons. The quantitative estimate of drug-likeness (QED) is 0.337. The van der Waals surface area contributed by atoms with Crippen molar-refractivity contribution in [3.63, 3.8) is 0 Å². The normalized spacial score (nSPS) is 9.69. The minimum absolute atomic E-state index is 0.193. The molecule has 26 heavy (non-hydrogen) atoms. The predicted octanol–water partition coefficient (Wildman–Crippen LogP) is 1.09. The molecule has 0 bridgehead atoms. The molecule has 0 saturated carbocycles. The molecule has 0 heterocycles. The third-order valence-corrected chi connectivity index (χ3v) is 2.96. The summed E-state index contributed by atoms with van der Waals surface area (Å²) in [5, 5.41) is 21.3. The molecule has 2 aromatic carbocycles. The van der Waals surface area contributed by atoms with Crippen LogP contribution in [0.15, 0.2) is 48.5 Å². The van der Waals surface area contributed by atoms with E-state index in [1.165, 1.54) is 48.5 Å². The molecule has 0 atom stereocenters. The number of amides is 2. The van der Waals surface area contributed by atoms with Crippen LogP contribution in [0, 0.1) is 20.2 Å². The van der Waals surface area contributed by atoms with E-state index in [0.717, 1.165) is 0 Å². The Bertz CT molecular complexity index is 799. The highest BCUT2D eigenvalue weighted by molar-refractivity contribution is 6.35. The molecule has 2 aromatic rings. The van der Waals surface area contributed by atoms with E-state index < -0.39 is 21.7 Å². The Morgan fingerprint density at radius 1 is 0.731 bits per heavy atom. The van der Waals surface area contributed by atoms with E-state index in [2.05, 4.69) is 21.7 Å². The molecule has 0 fully saturated rings. The van der Waals surface area contributed by atoms with Crippen LogP contribution in [0.5, 0.6) is 0 Å². The van der Waals surface area contributed by atoms with Crippen molar-refractivity contribution in [2.45, 2.75) is 0 Å². The van der Waals surface area contributed by atoms with Crippen molar-refractivity contribution in [2.24, 2.45) is 0 Å². The average molecular weight is 360 g/mol. The summed E-state index contributed by atoms with van der Waals surface area (Å²) in [7, 11) is 0. The maximum absolute atomic E-state index is 11.7. The Hall–Kier alpha value is -4.22. The first-order chi connectivity index (χ1) is 12.4. The van der Waals surface area contributed by atoms with Crippen molar-refractivity contribution in [1.82, 2.24) is 10.9 Å². The zero-order valence-electron chi connectivity index (χ0n) is 13.0. The summed E-state index contributed by atoms with van der Waals surface area (Å²) in [5.41, 5.74) is 8.85. The van der Waals surface area contributed by atoms with Gasteiger partial charge in [0.1, 0.15) is 0 Å². The first kappa shape index (κ1) is 18.1. The average Bonchev–Trinajstić information content (AvgIpc) is 2.64. The van der Waals surface area contributed by atoms with E-state index in [9.17, 15) is 29.8 Å². The summed E-state index contributed by atoms with van der Waals surface area (Å²) >= 11 is 0. The molecule has 2 rings (SSSR count). The van der Waals surface area contributed by atoms with Crippen LogP contribution in [-0.2, 0) is 9.59 Å². The number of hydrazine groups is 2. The van der Waals surface area contributed by atoms with Gasteiger partial charge < -0.3 is 0 Å². The van der Waals surface area contributed by atoms with Gasteiger partial charge in [0.05, 0.1) is 21.2 Å². The second kappa shape index (κ2) is 8.05. The van der Waals surface area contributed by atoms with Gasteiger partial charge in [0, 0.05) is 24.3 Å². The Morgan fingerprint density at radius 3 is 1.46 bits per heavy atom. The standard InChI is InChI=1S/C14H12N6O6/c21-13(17-15-9-3-1-5-11(7-9)19(23)24)14(22)18-16-10-4-2-6-12(8-10)20(25)26/h1-8,15-16H,(H,17,21)(H,18,22). The second-order valence-corrected chi connectivity index (χ2v) is 4.77. The maximum Gasteiger partial charge on any atom is 0.329 e. The van der Waals surface area contributed by atoms with E-state index in [1.807, 2.05) is 0 Å². The monoisotopic (exact) mass is 360 g/mol. The first-order valence-electron chi connectivity index (χ1n) is 6.98. The number of carbonyl (C=O) groups excluding carboxylic acids is 2. The van der Waals surface area contributed by atoms with Gasteiger partial charge >= 0.3 is 11.8 Å². The number of hydrogen-bond donors (Lipinski definition) is 4. The number of nitrogens with one attached hydrogen (secondary N) is 4. The Labute approximate surface area is 145 Å². The van der Waals surface area contributed by atoms with Gasteiger partial charge in [0.25, 0.3) is 11.4 Å². The second-order valence-electron chi connectivity index (χ2n) is 4.77. The number of carbonyl (C=O) groups is 2. The fourth-order valence-electron chi connectivity index (χ4n) is 1.77. The zero-order valence-corrected chi connectivity index (χ0v) is 13.0. The smallest absolute Gasteiger partial charge is 0.298 e. The van der Waals surface area contributed by atoms with Crippen molar-refractivity contribution in [2.75, 3.05) is 10.9 Å². The fourth-order valence-corrected chi connectivity index (χ4v) is 1.77. The van der Waals surface area contributed by atoms with Gasteiger partial charge in [-0.25, -0.2) is 0 Å². The number of non-ortho nitro benzene ring substituents is 2. The maximum atomic E-state index is 11.7. The molecule has 0 spiro atoms. The molecule has 0 aliphatic carbocycles. The van der Waals surface area contributed by atoms with Gasteiger partial charge in [-0.15, -0.1) is 0 Å². The van der Waals surface area contributed by atoms with Crippen molar-refractivity contribution < 1.29 is 19.4 Å². The highest BCUT2D eigenvalue weighted by atomic mass is 16.6. The molecular formula is C14H12N6O6. The summed E-state index contributed by atoms with van der Waals surface area (Å²) in [5.74, 6) is -2.18. The molecule has 0 aromatic heterocycles. The van der Waals surface area contributed by atoms with E-state index in [1.54, 1.807) is 0 Å². The van der Waals surface area contributed by atoms with Gasteiger partial charge in [-0.1, -0.05) is 12.1 Å².